The van der Waals surface area contributed by atoms with E-state index in [1.165, 1.54) is 0 Å². The fourth-order valence-corrected chi connectivity index (χ4v) is 3.47. The summed E-state index contributed by atoms with van der Waals surface area (Å²) in [6.45, 7) is 0.861. The van der Waals surface area contributed by atoms with E-state index in [-0.39, 0.29) is 17.8 Å². The monoisotopic (exact) mass is 368 g/mol. The number of amides is 2. The van der Waals surface area contributed by atoms with Crippen LogP contribution in [0.1, 0.15) is 23.3 Å². The van der Waals surface area contributed by atoms with E-state index >= 15 is 0 Å². The molecule has 0 unspecified atom stereocenters. The van der Waals surface area contributed by atoms with E-state index in [0.29, 0.717) is 37.3 Å². The normalized spacial score (nSPS) is 18.3. The van der Waals surface area contributed by atoms with E-state index in [1.54, 1.807) is 18.1 Å². The van der Waals surface area contributed by atoms with Gasteiger partial charge < -0.3 is 15.4 Å². The number of H-pyrrole nitrogens is 1. The number of rotatable bonds is 3. The molecule has 0 saturated carbocycles. The van der Waals surface area contributed by atoms with E-state index in [9.17, 15) is 9.59 Å². The summed E-state index contributed by atoms with van der Waals surface area (Å²) in [5.74, 6) is 0.576. The highest BCUT2D eigenvalue weighted by atomic mass is 16.5. The molecule has 1 spiro atoms. The molecule has 0 radical (unpaired) electrons. The molecule has 0 aliphatic carbocycles. The van der Waals surface area contributed by atoms with Crippen molar-refractivity contribution >= 4 is 17.8 Å². The smallest absolute Gasteiger partial charge is 0.271 e. The summed E-state index contributed by atoms with van der Waals surface area (Å²) in [6.07, 6.45) is 0.898. The first-order chi connectivity index (χ1) is 13.0. The SMILES string of the molecule is COc1ccc(-c2cc(C(=O)N3CCC4(CC3)N=C(N)NC4=O)[nH]n2)cc1. The average molecular weight is 368 g/mol. The van der Waals surface area contributed by atoms with Gasteiger partial charge in [-0.2, -0.15) is 5.10 Å². The minimum atomic E-state index is -0.830. The van der Waals surface area contributed by atoms with E-state index in [0.717, 1.165) is 11.3 Å². The summed E-state index contributed by atoms with van der Waals surface area (Å²) < 4.78 is 5.15. The van der Waals surface area contributed by atoms with Crippen molar-refractivity contribution in [1.82, 2.24) is 20.4 Å². The number of piperidine rings is 1. The summed E-state index contributed by atoms with van der Waals surface area (Å²) >= 11 is 0. The predicted octanol–water partition coefficient (Wildman–Crippen LogP) is 0.505. The number of carbonyl (C=O) groups is 2. The number of nitrogens with two attached hydrogens (primary N) is 1. The predicted molar refractivity (Wildman–Crippen MR) is 98.2 cm³/mol. The van der Waals surface area contributed by atoms with Crippen molar-refractivity contribution in [2.24, 2.45) is 10.7 Å². The van der Waals surface area contributed by atoms with E-state index < -0.39 is 5.54 Å². The minimum Gasteiger partial charge on any atom is -0.497 e. The van der Waals surface area contributed by atoms with Gasteiger partial charge in [0.05, 0.1) is 12.8 Å². The van der Waals surface area contributed by atoms with Crippen LogP contribution in [-0.4, -0.2) is 58.6 Å². The molecule has 2 aliphatic rings. The van der Waals surface area contributed by atoms with Gasteiger partial charge in [-0.1, -0.05) is 0 Å². The number of aromatic nitrogens is 2. The molecule has 2 amide bonds. The third kappa shape index (κ3) is 3.01. The lowest BCUT2D eigenvalue weighted by Crippen LogP contribution is -2.50. The number of methoxy groups -OCH3 is 1. The van der Waals surface area contributed by atoms with Gasteiger partial charge in [0.1, 0.15) is 17.0 Å². The van der Waals surface area contributed by atoms with Crippen molar-refractivity contribution in [2.45, 2.75) is 18.4 Å². The summed E-state index contributed by atoms with van der Waals surface area (Å²) in [6, 6.07) is 9.18. The molecule has 3 heterocycles. The number of nitrogens with one attached hydrogen (secondary N) is 2. The Hall–Kier alpha value is -3.36. The number of benzene rings is 1. The lowest BCUT2D eigenvalue weighted by atomic mass is 9.88. The molecule has 2 aliphatic heterocycles. The molecule has 140 valence electrons. The maximum Gasteiger partial charge on any atom is 0.271 e. The first kappa shape index (κ1) is 17.1. The molecule has 1 aromatic heterocycles. The molecule has 1 saturated heterocycles. The Morgan fingerprint density at radius 2 is 1.96 bits per heavy atom. The van der Waals surface area contributed by atoms with Gasteiger partial charge in [-0.05, 0) is 43.2 Å². The van der Waals surface area contributed by atoms with Gasteiger partial charge in [-0.25, -0.2) is 4.99 Å². The second kappa shape index (κ2) is 6.42. The number of nitrogens with zero attached hydrogens (tertiary/aromatic N) is 3. The van der Waals surface area contributed by atoms with Crippen LogP contribution in [0.15, 0.2) is 35.3 Å². The third-order valence-corrected chi connectivity index (χ3v) is 5.07. The summed E-state index contributed by atoms with van der Waals surface area (Å²) in [5.41, 5.74) is 6.76. The lowest BCUT2D eigenvalue weighted by molar-refractivity contribution is -0.125. The van der Waals surface area contributed by atoms with Crippen LogP contribution in [0.4, 0.5) is 0 Å². The minimum absolute atomic E-state index is 0.146. The van der Waals surface area contributed by atoms with Crippen LogP contribution in [0.3, 0.4) is 0 Å². The molecular formula is C18H20N6O3. The topological polar surface area (TPSA) is 126 Å². The number of guanidine groups is 1. The second-order valence-electron chi connectivity index (χ2n) is 6.67. The Labute approximate surface area is 155 Å². The molecule has 1 aromatic carbocycles. The van der Waals surface area contributed by atoms with Gasteiger partial charge in [-0.15, -0.1) is 0 Å². The molecule has 9 heteroatoms. The highest BCUT2D eigenvalue weighted by Gasteiger charge is 2.46. The molecule has 9 nitrogen and oxygen atoms in total. The van der Waals surface area contributed by atoms with Crippen LogP contribution in [-0.2, 0) is 4.79 Å². The third-order valence-electron chi connectivity index (χ3n) is 5.07. The average Bonchev–Trinajstić information content (AvgIpc) is 3.27. The van der Waals surface area contributed by atoms with Gasteiger partial charge in [0.15, 0.2) is 5.96 Å². The van der Waals surface area contributed by atoms with Crippen molar-refractivity contribution in [3.05, 3.63) is 36.0 Å². The maximum absolute atomic E-state index is 12.8. The van der Waals surface area contributed by atoms with Crippen molar-refractivity contribution in [2.75, 3.05) is 20.2 Å². The van der Waals surface area contributed by atoms with Crippen molar-refractivity contribution in [1.29, 1.82) is 0 Å². The van der Waals surface area contributed by atoms with E-state index in [1.807, 2.05) is 24.3 Å². The number of carbonyl (C=O) groups excluding carboxylic acids is 2. The van der Waals surface area contributed by atoms with Gasteiger partial charge in [-0.3, -0.25) is 20.0 Å². The van der Waals surface area contributed by atoms with Gasteiger partial charge >= 0.3 is 0 Å². The zero-order valence-electron chi connectivity index (χ0n) is 14.9. The molecular weight excluding hydrogens is 348 g/mol. The molecule has 1 fully saturated rings. The number of hydrogen-bond acceptors (Lipinski definition) is 6. The summed E-state index contributed by atoms with van der Waals surface area (Å²) in [5, 5.41) is 9.59. The van der Waals surface area contributed by atoms with Gasteiger partial charge in [0.2, 0.25) is 0 Å². The molecule has 4 rings (SSSR count). The maximum atomic E-state index is 12.8. The largest absolute Gasteiger partial charge is 0.497 e. The van der Waals surface area contributed by atoms with Crippen LogP contribution in [0.5, 0.6) is 5.75 Å². The zero-order valence-corrected chi connectivity index (χ0v) is 14.9. The first-order valence-corrected chi connectivity index (χ1v) is 8.67. The van der Waals surface area contributed by atoms with Gasteiger partial charge in [0, 0.05) is 18.7 Å². The van der Waals surface area contributed by atoms with Crippen molar-refractivity contribution < 1.29 is 14.3 Å². The van der Waals surface area contributed by atoms with Crippen LogP contribution in [0, 0.1) is 0 Å². The number of hydrogen-bond donors (Lipinski definition) is 3. The summed E-state index contributed by atoms with van der Waals surface area (Å²) in [7, 11) is 1.61. The standard InChI is InChI=1S/C18H20N6O3/c1-27-12-4-2-11(3-5-12)13-10-14(23-22-13)15(25)24-8-6-18(7-9-24)16(26)20-17(19)21-18/h2-5,10H,6-9H2,1H3,(H,22,23)(H3,19,20,21,26). The molecule has 0 bridgehead atoms. The highest BCUT2D eigenvalue weighted by molar-refractivity contribution is 6.07. The Kier molecular flexibility index (Phi) is 4.06. The van der Waals surface area contributed by atoms with Crippen LogP contribution < -0.4 is 15.8 Å². The number of ether oxygens (including phenoxy) is 1. The Morgan fingerprint density at radius 3 is 2.56 bits per heavy atom. The molecule has 4 N–H and O–H groups in total. The van der Waals surface area contributed by atoms with E-state index in [2.05, 4.69) is 20.5 Å². The quantitative estimate of drug-likeness (QED) is 0.727. The van der Waals surface area contributed by atoms with Crippen molar-refractivity contribution in [3.8, 4) is 17.0 Å². The fourth-order valence-electron chi connectivity index (χ4n) is 3.47. The second-order valence-corrected chi connectivity index (χ2v) is 6.67. The molecule has 0 atom stereocenters. The number of aromatic amines is 1. The van der Waals surface area contributed by atoms with Crippen LogP contribution >= 0.6 is 0 Å². The molecule has 27 heavy (non-hydrogen) atoms. The lowest BCUT2D eigenvalue weighted by Gasteiger charge is -2.35. The Balaban J connectivity index is 1.45. The van der Waals surface area contributed by atoms with Gasteiger partial charge in [0.25, 0.3) is 11.8 Å². The van der Waals surface area contributed by atoms with Crippen LogP contribution in [0.2, 0.25) is 0 Å². The fraction of sp³-hybridized carbons (Fsp3) is 0.333. The Bertz CT molecular complexity index is 909. The number of aliphatic imine (C=N–C) groups is 1. The van der Waals surface area contributed by atoms with E-state index in [4.69, 9.17) is 10.5 Å². The highest BCUT2D eigenvalue weighted by Crippen LogP contribution is 2.30. The molecule has 2 aromatic rings. The summed E-state index contributed by atoms with van der Waals surface area (Å²) in [4.78, 5) is 30.8. The Morgan fingerprint density at radius 1 is 1.26 bits per heavy atom. The first-order valence-electron chi connectivity index (χ1n) is 8.67. The number of likely N-dealkylation sites (tertiary alicyclic amines) is 1. The van der Waals surface area contributed by atoms with Crippen LogP contribution in [0.25, 0.3) is 11.3 Å². The zero-order chi connectivity index (χ0) is 19.0. The van der Waals surface area contributed by atoms with Crippen molar-refractivity contribution in [3.63, 3.8) is 0 Å².